The number of nitrogens with zero attached hydrogens (tertiary/aromatic N) is 5. The fourth-order valence-corrected chi connectivity index (χ4v) is 3.19. The van der Waals surface area contributed by atoms with Crippen LogP contribution in [0.1, 0.15) is 27.8 Å². The number of aromatic nitrogens is 5. The molecule has 4 rings (SSSR count). The van der Waals surface area contributed by atoms with Crippen LogP contribution in [0.15, 0.2) is 55.0 Å². The zero-order chi connectivity index (χ0) is 22.7. The van der Waals surface area contributed by atoms with Crippen LogP contribution in [0.5, 0.6) is 0 Å². The summed E-state index contributed by atoms with van der Waals surface area (Å²) in [5, 5.41) is 19.8. The average Bonchev–Trinajstić information content (AvgIpc) is 3.40. The van der Waals surface area contributed by atoms with Crippen LogP contribution in [0.25, 0.3) is 16.9 Å². The summed E-state index contributed by atoms with van der Waals surface area (Å²) >= 11 is 0. The van der Waals surface area contributed by atoms with Crippen molar-refractivity contribution < 1.29 is 24.2 Å². The first kappa shape index (κ1) is 20.7. The van der Waals surface area contributed by atoms with Gasteiger partial charge in [0.25, 0.3) is 5.91 Å². The predicted molar refractivity (Wildman–Crippen MR) is 112 cm³/mol. The largest absolute Gasteiger partial charge is 0.480 e. The van der Waals surface area contributed by atoms with Gasteiger partial charge in [0.1, 0.15) is 17.8 Å². The molecule has 3 heterocycles. The maximum Gasteiger partial charge on any atom is 0.343 e. The number of hydrogen-bond acceptors (Lipinski definition) is 7. The number of benzene rings is 1. The minimum absolute atomic E-state index is 0.121. The molecule has 1 amide bonds. The molecule has 0 saturated carbocycles. The third-order valence-corrected chi connectivity index (χ3v) is 4.55. The predicted octanol–water partition coefficient (Wildman–Crippen LogP) is 2.11. The number of aliphatic carboxylic acids is 1. The summed E-state index contributed by atoms with van der Waals surface area (Å²) < 4.78 is 7.68. The van der Waals surface area contributed by atoms with Crippen molar-refractivity contribution >= 4 is 29.2 Å². The summed E-state index contributed by atoms with van der Waals surface area (Å²) in [5.74, 6) is -2.11. The zero-order valence-corrected chi connectivity index (χ0v) is 16.9. The van der Waals surface area contributed by atoms with Gasteiger partial charge in [-0.3, -0.25) is 9.59 Å². The van der Waals surface area contributed by atoms with E-state index >= 15 is 0 Å². The van der Waals surface area contributed by atoms with E-state index in [0.717, 1.165) is 4.68 Å². The molecule has 0 saturated heterocycles. The van der Waals surface area contributed by atoms with E-state index < -0.39 is 24.4 Å². The number of amides is 1. The lowest BCUT2D eigenvalue weighted by molar-refractivity contribution is -0.137. The molecule has 0 fully saturated rings. The van der Waals surface area contributed by atoms with Crippen LogP contribution in [-0.2, 0) is 16.1 Å². The summed E-state index contributed by atoms with van der Waals surface area (Å²) in [7, 11) is 0. The third kappa shape index (κ3) is 4.03. The number of carboxylic acid groups (broad SMARTS) is 1. The Morgan fingerprint density at radius 2 is 1.97 bits per heavy atom. The quantitative estimate of drug-likeness (QED) is 0.421. The first-order chi connectivity index (χ1) is 15.5. The summed E-state index contributed by atoms with van der Waals surface area (Å²) in [5.41, 5.74) is 2.58. The van der Waals surface area contributed by atoms with Gasteiger partial charge in [0.05, 0.1) is 18.5 Å². The maximum absolute atomic E-state index is 12.6. The van der Waals surface area contributed by atoms with Gasteiger partial charge in [-0.1, -0.05) is 12.1 Å². The van der Waals surface area contributed by atoms with E-state index in [1.54, 1.807) is 37.4 Å². The van der Waals surface area contributed by atoms with Gasteiger partial charge in [0.15, 0.2) is 5.65 Å². The van der Waals surface area contributed by atoms with Crippen molar-refractivity contribution in [2.45, 2.75) is 13.5 Å². The van der Waals surface area contributed by atoms with Gasteiger partial charge in [-0.25, -0.2) is 19.0 Å². The van der Waals surface area contributed by atoms with Crippen LogP contribution in [0.4, 0.5) is 5.69 Å². The first-order valence-corrected chi connectivity index (χ1v) is 9.63. The normalized spacial score (nSPS) is 10.8. The van der Waals surface area contributed by atoms with Crippen molar-refractivity contribution in [3.05, 3.63) is 66.2 Å². The molecular formula is C21H18N6O5. The molecule has 0 aliphatic carbocycles. The van der Waals surface area contributed by atoms with Gasteiger partial charge in [0, 0.05) is 23.6 Å². The zero-order valence-electron chi connectivity index (χ0n) is 16.9. The van der Waals surface area contributed by atoms with Crippen molar-refractivity contribution in [2.24, 2.45) is 0 Å². The van der Waals surface area contributed by atoms with Crippen molar-refractivity contribution in [1.82, 2.24) is 24.4 Å². The molecule has 4 aromatic rings. The van der Waals surface area contributed by atoms with Gasteiger partial charge in [0.2, 0.25) is 0 Å². The molecule has 3 aromatic heterocycles. The highest BCUT2D eigenvalue weighted by Crippen LogP contribution is 2.24. The molecule has 0 aliphatic rings. The molecule has 11 nitrogen and oxygen atoms in total. The van der Waals surface area contributed by atoms with Gasteiger partial charge in [-0.2, -0.15) is 10.2 Å². The van der Waals surface area contributed by atoms with E-state index in [9.17, 15) is 14.4 Å². The number of ether oxygens (including phenoxy) is 1. The fraction of sp³-hybridized carbons (Fsp3) is 0.143. The second kappa shape index (κ2) is 8.68. The lowest BCUT2D eigenvalue weighted by Crippen LogP contribution is -2.20. The Bertz CT molecular complexity index is 1330. The third-order valence-electron chi connectivity index (χ3n) is 4.55. The molecule has 162 valence electrons. The van der Waals surface area contributed by atoms with Crippen LogP contribution in [0, 0.1) is 0 Å². The van der Waals surface area contributed by atoms with Gasteiger partial charge in [-0.05, 0) is 31.2 Å². The van der Waals surface area contributed by atoms with Crippen molar-refractivity contribution in [3.63, 3.8) is 0 Å². The Balaban J connectivity index is 1.63. The Kier molecular flexibility index (Phi) is 5.62. The van der Waals surface area contributed by atoms with Crippen LogP contribution in [-0.4, -0.2) is 53.9 Å². The Morgan fingerprint density at radius 1 is 1.12 bits per heavy atom. The van der Waals surface area contributed by atoms with E-state index in [2.05, 4.69) is 20.5 Å². The number of anilines is 1. The van der Waals surface area contributed by atoms with E-state index in [1.165, 1.54) is 23.0 Å². The molecule has 32 heavy (non-hydrogen) atoms. The molecule has 1 aromatic carbocycles. The summed E-state index contributed by atoms with van der Waals surface area (Å²) in [6, 6.07) is 10.2. The molecule has 2 N–H and O–H groups in total. The summed E-state index contributed by atoms with van der Waals surface area (Å²) in [4.78, 5) is 40.0. The highest BCUT2D eigenvalue weighted by molar-refractivity contribution is 6.03. The summed E-state index contributed by atoms with van der Waals surface area (Å²) in [6.07, 6.45) is 4.32. The van der Waals surface area contributed by atoms with Crippen LogP contribution < -0.4 is 5.32 Å². The highest BCUT2D eigenvalue weighted by Gasteiger charge is 2.18. The number of esters is 1. The number of nitrogens with one attached hydrogen (secondary N) is 1. The molecule has 0 radical (unpaired) electrons. The van der Waals surface area contributed by atoms with Gasteiger partial charge < -0.3 is 15.2 Å². The van der Waals surface area contributed by atoms with E-state index in [1.807, 2.05) is 6.07 Å². The van der Waals surface area contributed by atoms with Gasteiger partial charge in [-0.15, -0.1) is 0 Å². The molecule has 0 bridgehead atoms. The monoisotopic (exact) mass is 434 g/mol. The van der Waals surface area contributed by atoms with Crippen LogP contribution in [0.3, 0.4) is 0 Å². The maximum atomic E-state index is 12.6. The molecule has 0 spiro atoms. The molecule has 11 heteroatoms. The minimum atomic E-state index is -1.10. The first-order valence-electron chi connectivity index (χ1n) is 9.63. The highest BCUT2D eigenvalue weighted by atomic mass is 16.5. The molecule has 0 aliphatic heterocycles. The second-order valence-electron chi connectivity index (χ2n) is 6.65. The average molecular weight is 434 g/mol. The number of carboxylic acids is 1. The fourth-order valence-electron chi connectivity index (χ4n) is 3.19. The van der Waals surface area contributed by atoms with E-state index in [4.69, 9.17) is 9.84 Å². The number of hydrogen-bond donors (Lipinski definition) is 2. The molecular weight excluding hydrogens is 416 g/mol. The Morgan fingerprint density at radius 3 is 2.75 bits per heavy atom. The summed E-state index contributed by atoms with van der Waals surface area (Å²) in [6.45, 7) is 1.53. The van der Waals surface area contributed by atoms with Crippen molar-refractivity contribution in [3.8, 4) is 11.3 Å². The lowest BCUT2D eigenvalue weighted by atomic mass is 10.1. The Labute approximate surface area is 181 Å². The van der Waals surface area contributed by atoms with E-state index in [-0.39, 0.29) is 17.9 Å². The lowest BCUT2D eigenvalue weighted by Gasteiger charge is -2.10. The van der Waals surface area contributed by atoms with Crippen LogP contribution in [0.2, 0.25) is 0 Å². The SMILES string of the molecule is CCOC(=O)c1cnn2c(-c3cccc(NC(=O)c4ccnn4CC(=O)O)c3)ccnc12. The minimum Gasteiger partial charge on any atom is -0.480 e. The Hall–Kier alpha value is -4.54. The van der Waals surface area contributed by atoms with E-state index in [0.29, 0.717) is 22.6 Å². The smallest absolute Gasteiger partial charge is 0.343 e. The van der Waals surface area contributed by atoms with Crippen LogP contribution >= 0.6 is 0 Å². The number of carbonyl (C=O) groups is 3. The van der Waals surface area contributed by atoms with Gasteiger partial charge >= 0.3 is 11.9 Å². The molecule has 0 unspecified atom stereocenters. The topological polar surface area (TPSA) is 141 Å². The van der Waals surface area contributed by atoms with Crippen molar-refractivity contribution in [1.29, 1.82) is 0 Å². The van der Waals surface area contributed by atoms with Crippen molar-refractivity contribution in [2.75, 3.05) is 11.9 Å². The number of carbonyl (C=O) groups excluding carboxylic acids is 2. The molecule has 0 atom stereocenters. The number of fused-ring (bicyclic) bond motifs is 1. The number of rotatable bonds is 7. The second-order valence-corrected chi connectivity index (χ2v) is 6.65. The standard InChI is InChI=1S/C21H18N6O5/c1-2-32-21(31)15-11-24-27-16(6-8-22-19(15)27)13-4-3-5-14(10-13)25-20(30)17-7-9-23-26(17)12-18(28)29/h3-11H,2,12H2,1H3,(H,25,30)(H,28,29).